The van der Waals surface area contributed by atoms with Crippen LogP contribution in [0.2, 0.25) is 18.1 Å². The zero-order chi connectivity index (χ0) is 12.9. The Balaban J connectivity index is 2.15. The molecule has 1 aliphatic rings. The summed E-state index contributed by atoms with van der Waals surface area (Å²) in [6.45, 7) is 15.8. The van der Waals surface area contributed by atoms with Crippen molar-refractivity contribution in [2.45, 2.75) is 57.8 Å². The topological polar surface area (TPSA) is 33.3 Å². The molecule has 0 aromatic carbocycles. The molecule has 1 fully saturated rings. The highest BCUT2D eigenvalue weighted by Gasteiger charge is 2.36. The lowest BCUT2D eigenvalue weighted by Crippen LogP contribution is -2.48. The second-order valence-electron chi connectivity index (χ2n) is 6.61. The van der Waals surface area contributed by atoms with E-state index in [1.807, 2.05) is 0 Å². The highest BCUT2D eigenvalue weighted by molar-refractivity contribution is 6.74. The predicted molar refractivity (Wildman–Crippen MR) is 77.0 cm³/mol. The first-order valence-electron chi connectivity index (χ1n) is 6.91. The second kappa shape index (κ2) is 6.32. The molecule has 1 saturated heterocycles. The van der Waals surface area contributed by atoms with E-state index in [4.69, 9.17) is 4.43 Å². The summed E-state index contributed by atoms with van der Waals surface area (Å²) in [6.07, 6.45) is 2.40. The zero-order valence-electron chi connectivity index (χ0n) is 12.2. The molecule has 4 heteroatoms. The molecule has 0 aliphatic carbocycles. The van der Waals surface area contributed by atoms with Gasteiger partial charge in [0.25, 0.3) is 0 Å². The molecular formula is C13H30N2OSi. The van der Waals surface area contributed by atoms with Crippen molar-refractivity contribution < 1.29 is 4.43 Å². The number of hydrogen-bond donors (Lipinski definition) is 2. The van der Waals surface area contributed by atoms with Crippen LogP contribution >= 0.6 is 0 Å². The van der Waals surface area contributed by atoms with Crippen molar-refractivity contribution in [3.63, 3.8) is 0 Å². The normalized spacial score (nSPS) is 22.8. The maximum atomic E-state index is 6.18. The molecule has 1 heterocycles. The van der Waals surface area contributed by atoms with Crippen LogP contribution in [0.25, 0.3) is 0 Å². The lowest BCUT2D eigenvalue weighted by molar-refractivity contribution is 0.266. The molecule has 0 bridgehead atoms. The quantitative estimate of drug-likeness (QED) is 0.587. The maximum Gasteiger partial charge on any atom is 0.191 e. The first-order valence-corrected chi connectivity index (χ1v) is 9.82. The van der Waals surface area contributed by atoms with Gasteiger partial charge in [-0.1, -0.05) is 20.8 Å². The molecule has 3 nitrogen and oxygen atoms in total. The van der Waals surface area contributed by atoms with Gasteiger partial charge >= 0.3 is 0 Å². The molecule has 0 spiro atoms. The Kier molecular flexibility index (Phi) is 5.63. The Labute approximate surface area is 108 Å². The van der Waals surface area contributed by atoms with Crippen LogP contribution in [0.4, 0.5) is 0 Å². The molecule has 0 radical (unpaired) electrons. The lowest BCUT2D eigenvalue weighted by Gasteiger charge is -2.36. The van der Waals surface area contributed by atoms with E-state index in [0.29, 0.717) is 11.1 Å². The van der Waals surface area contributed by atoms with Gasteiger partial charge in [0.2, 0.25) is 0 Å². The number of rotatable bonds is 5. The third kappa shape index (κ3) is 5.08. The summed E-state index contributed by atoms with van der Waals surface area (Å²) in [5.41, 5.74) is 0. The van der Waals surface area contributed by atoms with E-state index in [0.717, 1.165) is 26.2 Å². The lowest BCUT2D eigenvalue weighted by atomic mass is 10.1. The smallest absolute Gasteiger partial charge is 0.191 e. The van der Waals surface area contributed by atoms with Crippen molar-refractivity contribution in [3.8, 4) is 0 Å². The molecule has 2 N–H and O–H groups in total. The van der Waals surface area contributed by atoms with Crippen molar-refractivity contribution in [3.05, 3.63) is 0 Å². The SMILES string of the molecule is CC(C)(C)[Si](C)(C)OCCCC1CNCCN1. The minimum absolute atomic E-state index is 0.331. The van der Waals surface area contributed by atoms with Crippen molar-refractivity contribution in [1.29, 1.82) is 0 Å². The monoisotopic (exact) mass is 258 g/mol. The predicted octanol–water partition coefficient (Wildman–Crippen LogP) is 2.35. The summed E-state index contributed by atoms with van der Waals surface area (Å²) in [5, 5.41) is 7.29. The molecule has 17 heavy (non-hydrogen) atoms. The minimum atomic E-state index is -1.53. The average Bonchev–Trinajstić information content (AvgIpc) is 2.24. The minimum Gasteiger partial charge on any atom is -0.417 e. The van der Waals surface area contributed by atoms with E-state index < -0.39 is 8.32 Å². The van der Waals surface area contributed by atoms with Gasteiger partial charge in [-0.2, -0.15) is 0 Å². The van der Waals surface area contributed by atoms with Gasteiger partial charge in [0.05, 0.1) is 0 Å². The Bertz CT molecular complexity index is 220. The van der Waals surface area contributed by atoms with Crippen LogP contribution in [0.5, 0.6) is 0 Å². The highest BCUT2D eigenvalue weighted by Crippen LogP contribution is 2.36. The van der Waals surface area contributed by atoms with Crippen LogP contribution in [-0.2, 0) is 4.43 Å². The van der Waals surface area contributed by atoms with E-state index in [-0.39, 0.29) is 0 Å². The fourth-order valence-corrected chi connectivity index (χ4v) is 2.88. The van der Waals surface area contributed by atoms with Crippen molar-refractivity contribution in [1.82, 2.24) is 10.6 Å². The maximum absolute atomic E-state index is 6.18. The highest BCUT2D eigenvalue weighted by atomic mass is 28.4. The fourth-order valence-electron chi connectivity index (χ4n) is 1.79. The van der Waals surface area contributed by atoms with E-state index >= 15 is 0 Å². The third-order valence-corrected chi connectivity index (χ3v) is 8.63. The molecule has 1 unspecified atom stereocenters. The molecule has 1 rings (SSSR count). The largest absolute Gasteiger partial charge is 0.417 e. The molecule has 0 amide bonds. The van der Waals surface area contributed by atoms with Crippen molar-refractivity contribution in [2.24, 2.45) is 0 Å². The standard InChI is InChI=1S/C13H30N2OSi/c1-13(2,3)17(4,5)16-10-6-7-12-11-14-8-9-15-12/h12,14-15H,6-11H2,1-5H3. The number of nitrogens with one attached hydrogen (secondary N) is 2. The van der Waals surface area contributed by atoms with E-state index in [2.05, 4.69) is 44.5 Å². The van der Waals surface area contributed by atoms with Gasteiger partial charge in [-0.25, -0.2) is 0 Å². The van der Waals surface area contributed by atoms with Crippen LogP contribution in [0.15, 0.2) is 0 Å². The van der Waals surface area contributed by atoms with Crippen LogP contribution < -0.4 is 10.6 Å². The van der Waals surface area contributed by atoms with E-state index in [1.54, 1.807) is 0 Å². The van der Waals surface area contributed by atoms with E-state index in [1.165, 1.54) is 12.8 Å². The van der Waals surface area contributed by atoms with Gasteiger partial charge in [-0.3, -0.25) is 0 Å². The average molecular weight is 258 g/mol. The molecule has 1 atom stereocenters. The van der Waals surface area contributed by atoms with Crippen molar-refractivity contribution >= 4 is 8.32 Å². The molecule has 1 aliphatic heterocycles. The molecule has 0 aromatic rings. The Morgan fingerprint density at radius 2 is 1.94 bits per heavy atom. The summed E-state index contributed by atoms with van der Waals surface area (Å²) in [5.74, 6) is 0. The Hall–Kier alpha value is 0.0969. The summed E-state index contributed by atoms with van der Waals surface area (Å²) < 4.78 is 6.18. The van der Waals surface area contributed by atoms with Gasteiger partial charge in [0.15, 0.2) is 8.32 Å². The van der Waals surface area contributed by atoms with Gasteiger partial charge in [-0.05, 0) is 31.0 Å². The number of hydrogen-bond acceptors (Lipinski definition) is 3. The molecule has 102 valence electrons. The summed E-state index contributed by atoms with van der Waals surface area (Å²) >= 11 is 0. The van der Waals surface area contributed by atoms with Crippen molar-refractivity contribution in [2.75, 3.05) is 26.2 Å². The molecule has 0 saturated carbocycles. The van der Waals surface area contributed by atoms with Gasteiger partial charge < -0.3 is 15.1 Å². The summed E-state index contributed by atoms with van der Waals surface area (Å²) in [4.78, 5) is 0. The molecular weight excluding hydrogens is 228 g/mol. The third-order valence-electron chi connectivity index (χ3n) is 4.09. The number of piperazine rings is 1. The van der Waals surface area contributed by atoms with Crippen LogP contribution in [-0.4, -0.2) is 40.6 Å². The summed E-state index contributed by atoms with van der Waals surface area (Å²) in [7, 11) is -1.53. The zero-order valence-corrected chi connectivity index (χ0v) is 13.2. The fraction of sp³-hybridized carbons (Fsp3) is 1.00. The van der Waals surface area contributed by atoms with Gasteiger partial charge in [0.1, 0.15) is 0 Å². The van der Waals surface area contributed by atoms with Crippen LogP contribution in [0, 0.1) is 0 Å². The first-order chi connectivity index (χ1) is 7.83. The van der Waals surface area contributed by atoms with Gasteiger partial charge in [-0.15, -0.1) is 0 Å². The second-order valence-corrected chi connectivity index (χ2v) is 11.4. The van der Waals surface area contributed by atoms with Crippen LogP contribution in [0.3, 0.4) is 0 Å². The summed E-state index contributed by atoms with van der Waals surface area (Å²) in [6, 6.07) is 0.645. The Morgan fingerprint density at radius 1 is 1.24 bits per heavy atom. The first kappa shape index (κ1) is 15.2. The molecule has 0 aromatic heterocycles. The van der Waals surface area contributed by atoms with E-state index in [9.17, 15) is 0 Å². The van der Waals surface area contributed by atoms with Crippen LogP contribution in [0.1, 0.15) is 33.6 Å². The Morgan fingerprint density at radius 3 is 2.47 bits per heavy atom. The van der Waals surface area contributed by atoms with Gasteiger partial charge in [0, 0.05) is 32.3 Å².